The van der Waals surface area contributed by atoms with Crippen molar-refractivity contribution >= 4 is 46.3 Å². The molecule has 0 radical (unpaired) electrons. The Bertz CT molecular complexity index is 1790. The zero-order valence-corrected chi connectivity index (χ0v) is 25.0. The summed E-state index contributed by atoms with van der Waals surface area (Å²) in [6.07, 6.45) is 8.13. The third-order valence-corrected chi connectivity index (χ3v) is 9.16. The average molecular weight is 592 g/mol. The van der Waals surface area contributed by atoms with Crippen molar-refractivity contribution in [3.05, 3.63) is 82.9 Å². The van der Waals surface area contributed by atoms with Crippen LogP contribution in [0.1, 0.15) is 79.3 Å². The van der Waals surface area contributed by atoms with E-state index in [-0.39, 0.29) is 17.4 Å². The third kappa shape index (κ3) is 5.45. The number of pyridine rings is 1. The molecular formula is C35H37N5O4. The molecule has 5 N–H and O–H groups in total. The predicted molar refractivity (Wildman–Crippen MR) is 172 cm³/mol. The summed E-state index contributed by atoms with van der Waals surface area (Å²) in [7, 11) is 2.01. The minimum Gasteiger partial charge on any atom is -0.478 e. The first-order chi connectivity index (χ1) is 21.1. The summed E-state index contributed by atoms with van der Waals surface area (Å²) in [5, 5.41) is 16.2. The fourth-order valence-corrected chi connectivity index (χ4v) is 6.58. The lowest BCUT2D eigenvalue weighted by Gasteiger charge is -2.40. The number of carbonyl (C=O) groups is 3. The molecule has 2 amide bonds. The number of carboxylic acid groups (broad SMARTS) is 1. The minimum atomic E-state index is -0.996. The van der Waals surface area contributed by atoms with Crippen LogP contribution in [0.3, 0.4) is 0 Å². The van der Waals surface area contributed by atoms with Crippen LogP contribution in [0.4, 0.5) is 11.5 Å². The zero-order valence-electron chi connectivity index (χ0n) is 25.0. The maximum atomic E-state index is 13.6. The Morgan fingerprint density at radius 2 is 1.75 bits per heavy atom. The van der Waals surface area contributed by atoms with Gasteiger partial charge in [0.25, 0.3) is 5.91 Å². The smallest absolute Gasteiger partial charge is 0.331 e. The van der Waals surface area contributed by atoms with Gasteiger partial charge in [0.15, 0.2) is 0 Å². The van der Waals surface area contributed by atoms with Gasteiger partial charge < -0.3 is 26.0 Å². The highest BCUT2D eigenvalue weighted by Crippen LogP contribution is 2.44. The Hall–Kier alpha value is -4.92. The first-order valence-electron chi connectivity index (χ1n) is 15.2. The number of nitrogens with zero attached hydrogens (tertiary/aromatic N) is 2. The van der Waals surface area contributed by atoms with Gasteiger partial charge in [-0.05, 0) is 98.5 Å². The molecule has 0 spiro atoms. The normalized spacial score (nSPS) is 16.5. The van der Waals surface area contributed by atoms with E-state index < -0.39 is 11.5 Å². The SMILES string of the molecule is C/C(=C\c1ccc(NC(=O)C2(NC(=O)c3ccc4c(C5CCCC5)c(-c5cccc(N)n5)n(C)c4c3)CCC2)cc1)C(=O)O. The molecular weight excluding hydrogens is 554 g/mol. The number of amides is 2. The van der Waals surface area contributed by atoms with E-state index in [1.165, 1.54) is 25.3 Å². The molecule has 0 saturated heterocycles. The van der Waals surface area contributed by atoms with Crippen molar-refractivity contribution < 1.29 is 19.5 Å². The molecule has 2 aliphatic rings. The van der Waals surface area contributed by atoms with Gasteiger partial charge in [0.2, 0.25) is 5.91 Å². The number of nitrogen functional groups attached to an aromatic ring is 1. The van der Waals surface area contributed by atoms with Gasteiger partial charge in [0.1, 0.15) is 11.4 Å². The molecule has 2 aliphatic carbocycles. The number of nitrogens with two attached hydrogens (primary N) is 1. The van der Waals surface area contributed by atoms with E-state index in [0.29, 0.717) is 35.8 Å². The summed E-state index contributed by atoms with van der Waals surface area (Å²) in [6, 6.07) is 18.4. The largest absolute Gasteiger partial charge is 0.478 e. The van der Waals surface area contributed by atoms with E-state index in [1.54, 1.807) is 36.4 Å². The van der Waals surface area contributed by atoms with Crippen LogP contribution in [0, 0.1) is 0 Å². The molecule has 44 heavy (non-hydrogen) atoms. The number of hydrogen-bond donors (Lipinski definition) is 4. The molecule has 4 aromatic rings. The number of nitrogens with one attached hydrogen (secondary N) is 2. The second kappa shape index (κ2) is 11.6. The van der Waals surface area contributed by atoms with Crippen LogP contribution in [0.25, 0.3) is 28.4 Å². The maximum absolute atomic E-state index is 13.6. The highest BCUT2D eigenvalue weighted by atomic mass is 16.4. The van der Waals surface area contributed by atoms with E-state index in [9.17, 15) is 14.4 Å². The maximum Gasteiger partial charge on any atom is 0.331 e. The van der Waals surface area contributed by atoms with E-state index >= 15 is 0 Å². The van der Waals surface area contributed by atoms with Crippen molar-refractivity contribution in [3.63, 3.8) is 0 Å². The lowest BCUT2D eigenvalue weighted by Crippen LogP contribution is -2.61. The van der Waals surface area contributed by atoms with Crippen LogP contribution in [-0.2, 0) is 16.6 Å². The molecule has 2 fully saturated rings. The highest BCUT2D eigenvalue weighted by molar-refractivity contribution is 6.06. The molecule has 2 saturated carbocycles. The number of benzene rings is 2. The van der Waals surface area contributed by atoms with E-state index in [4.69, 9.17) is 10.8 Å². The van der Waals surface area contributed by atoms with Gasteiger partial charge in [-0.15, -0.1) is 0 Å². The average Bonchev–Trinajstić information content (AvgIpc) is 3.61. The monoisotopic (exact) mass is 591 g/mol. The molecule has 9 heteroatoms. The number of carboxylic acids is 1. The van der Waals surface area contributed by atoms with E-state index in [0.717, 1.165) is 47.1 Å². The van der Waals surface area contributed by atoms with Crippen molar-refractivity contribution in [2.45, 2.75) is 63.3 Å². The fourth-order valence-electron chi connectivity index (χ4n) is 6.58. The van der Waals surface area contributed by atoms with Crippen LogP contribution in [-0.4, -0.2) is 38.0 Å². The summed E-state index contributed by atoms with van der Waals surface area (Å²) in [5.74, 6) is -0.649. The van der Waals surface area contributed by atoms with Gasteiger partial charge in [0.05, 0.1) is 11.4 Å². The molecule has 2 aromatic carbocycles. The number of fused-ring (bicyclic) bond motifs is 1. The van der Waals surface area contributed by atoms with Crippen LogP contribution in [0.15, 0.2) is 66.2 Å². The number of carbonyl (C=O) groups excluding carboxylic acids is 2. The Labute approximate surface area is 256 Å². The van der Waals surface area contributed by atoms with Gasteiger partial charge in [-0.3, -0.25) is 9.59 Å². The first kappa shape index (κ1) is 29.2. The Morgan fingerprint density at radius 3 is 2.39 bits per heavy atom. The second-order valence-corrected chi connectivity index (χ2v) is 12.1. The molecule has 0 aliphatic heterocycles. The molecule has 2 heterocycles. The number of aliphatic carboxylic acids is 1. The van der Waals surface area contributed by atoms with Crippen molar-refractivity contribution in [2.24, 2.45) is 7.05 Å². The molecule has 0 atom stereocenters. The predicted octanol–water partition coefficient (Wildman–Crippen LogP) is 6.26. The molecule has 2 aromatic heterocycles. The lowest BCUT2D eigenvalue weighted by atomic mass is 9.75. The number of hydrogen-bond acceptors (Lipinski definition) is 5. The summed E-state index contributed by atoms with van der Waals surface area (Å²) in [5.41, 5.74) is 11.1. The number of rotatable bonds is 8. The number of aromatic nitrogens is 2. The number of anilines is 2. The van der Waals surface area contributed by atoms with Gasteiger partial charge in [-0.2, -0.15) is 0 Å². The second-order valence-electron chi connectivity index (χ2n) is 12.1. The highest BCUT2D eigenvalue weighted by Gasteiger charge is 2.45. The molecule has 9 nitrogen and oxygen atoms in total. The van der Waals surface area contributed by atoms with Gasteiger partial charge in [-0.25, -0.2) is 9.78 Å². The quantitative estimate of drug-likeness (QED) is 0.178. The van der Waals surface area contributed by atoms with Crippen molar-refractivity contribution in [3.8, 4) is 11.4 Å². The Kier molecular flexibility index (Phi) is 7.71. The van der Waals surface area contributed by atoms with Gasteiger partial charge >= 0.3 is 5.97 Å². The fraction of sp³-hybridized carbons (Fsp3) is 0.314. The van der Waals surface area contributed by atoms with Crippen LogP contribution in [0.2, 0.25) is 0 Å². The van der Waals surface area contributed by atoms with Crippen LogP contribution < -0.4 is 16.4 Å². The molecule has 0 unspecified atom stereocenters. The Morgan fingerprint density at radius 1 is 1.02 bits per heavy atom. The zero-order chi connectivity index (χ0) is 31.0. The van der Waals surface area contributed by atoms with Crippen molar-refractivity contribution in [1.29, 1.82) is 0 Å². The lowest BCUT2D eigenvalue weighted by molar-refractivity contribution is -0.132. The Balaban J connectivity index is 1.25. The van der Waals surface area contributed by atoms with Crippen LogP contribution in [0.5, 0.6) is 0 Å². The molecule has 226 valence electrons. The summed E-state index contributed by atoms with van der Waals surface area (Å²) in [6.45, 7) is 1.53. The standard InChI is InChI=1S/C35H37N5O4/c1-21(33(42)43)19-22-11-14-25(15-12-22)37-34(44)35(17-6-18-35)39-32(41)24-13-16-26-28(20-24)40(2)31(27-9-5-10-29(36)38-27)30(26)23-7-3-4-8-23/h5,9-16,19-20,23H,3-4,6-8,17-18H2,1-2H3,(H2,36,38)(H,37,44)(H,39,41)(H,42,43)/b21-19+. The minimum absolute atomic E-state index is 0.221. The van der Waals surface area contributed by atoms with Crippen molar-refractivity contribution in [1.82, 2.24) is 14.9 Å². The van der Waals surface area contributed by atoms with Gasteiger partial charge in [0, 0.05) is 34.8 Å². The summed E-state index contributed by atoms with van der Waals surface area (Å²) >= 11 is 0. The van der Waals surface area contributed by atoms with Crippen LogP contribution >= 0.6 is 0 Å². The van der Waals surface area contributed by atoms with E-state index in [2.05, 4.69) is 20.2 Å². The third-order valence-electron chi connectivity index (χ3n) is 9.16. The topological polar surface area (TPSA) is 139 Å². The summed E-state index contributed by atoms with van der Waals surface area (Å²) < 4.78 is 2.12. The summed E-state index contributed by atoms with van der Waals surface area (Å²) in [4.78, 5) is 42.8. The number of aryl methyl sites for hydroxylation is 1. The van der Waals surface area contributed by atoms with Crippen molar-refractivity contribution in [2.75, 3.05) is 11.1 Å². The molecule has 0 bridgehead atoms. The first-order valence-corrected chi connectivity index (χ1v) is 15.2. The van der Waals surface area contributed by atoms with E-state index in [1.807, 2.05) is 37.4 Å². The molecule has 6 rings (SSSR count). The van der Waals surface area contributed by atoms with Gasteiger partial charge in [-0.1, -0.05) is 37.1 Å².